The third-order valence-electron chi connectivity index (χ3n) is 4.56. The van der Waals surface area contributed by atoms with Crippen LogP contribution in [0.3, 0.4) is 0 Å². The highest BCUT2D eigenvalue weighted by molar-refractivity contribution is 5.78. The van der Waals surface area contributed by atoms with Crippen molar-refractivity contribution in [3.63, 3.8) is 0 Å². The molecule has 1 unspecified atom stereocenters. The molecule has 1 atom stereocenters. The number of carbonyl (C=O) groups is 1. The summed E-state index contributed by atoms with van der Waals surface area (Å²) in [5, 5.41) is 3.03. The highest BCUT2D eigenvalue weighted by Gasteiger charge is 2.24. The predicted octanol–water partition coefficient (Wildman–Crippen LogP) is 3.33. The van der Waals surface area contributed by atoms with E-state index in [0.29, 0.717) is 17.3 Å². The van der Waals surface area contributed by atoms with E-state index in [1.807, 2.05) is 74.1 Å². The third-order valence-corrected chi connectivity index (χ3v) is 4.56. The van der Waals surface area contributed by atoms with Gasteiger partial charge in [-0.05, 0) is 31.5 Å². The number of methoxy groups -OCH3 is 1. The van der Waals surface area contributed by atoms with Crippen LogP contribution in [0.15, 0.2) is 54.9 Å². The van der Waals surface area contributed by atoms with E-state index in [-0.39, 0.29) is 12.5 Å². The van der Waals surface area contributed by atoms with Gasteiger partial charge in [-0.25, -0.2) is 4.98 Å². The molecule has 3 aromatic rings. The number of imidazole rings is 1. The normalized spacial score (nSPS) is 11.7. The van der Waals surface area contributed by atoms with Gasteiger partial charge in [-0.2, -0.15) is 0 Å². The quantitative estimate of drug-likeness (QED) is 0.684. The average molecular weight is 379 g/mol. The fourth-order valence-electron chi connectivity index (χ4n) is 3.15. The van der Waals surface area contributed by atoms with Crippen molar-refractivity contribution in [3.8, 4) is 11.5 Å². The van der Waals surface area contributed by atoms with Gasteiger partial charge in [0, 0.05) is 25.0 Å². The van der Waals surface area contributed by atoms with Gasteiger partial charge in [-0.15, -0.1) is 0 Å². The van der Waals surface area contributed by atoms with Gasteiger partial charge in [0.1, 0.15) is 23.4 Å². The van der Waals surface area contributed by atoms with Crippen LogP contribution >= 0.6 is 0 Å². The molecule has 3 rings (SSSR count). The Morgan fingerprint density at radius 3 is 2.64 bits per heavy atom. The number of aromatic nitrogens is 2. The molecule has 0 aliphatic heterocycles. The Labute approximate surface area is 165 Å². The molecule has 6 nitrogen and oxygen atoms in total. The zero-order chi connectivity index (χ0) is 20.1. The molecule has 146 valence electrons. The summed E-state index contributed by atoms with van der Waals surface area (Å²) in [5.74, 6) is 1.86. The maximum atomic E-state index is 12.7. The molecule has 0 saturated heterocycles. The molecule has 0 aliphatic rings. The number of hydrogen-bond donors (Lipinski definition) is 1. The molecule has 0 fully saturated rings. The van der Waals surface area contributed by atoms with Crippen molar-refractivity contribution in [3.05, 3.63) is 77.4 Å². The molecule has 0 bridgehead atoms. The molecule has 6 heteroatoms. The molecule has 0 radical (unpaired) electrons. The van der Waals surface area contributed by atoms with Crippen molar-refractivity contribution >= 4 is 5.91 Å². The summed E-state index contributed by atoms with van der Waals surface area (Å²) in [4.78, 5) is 17.1. The maximum Gasteiger partial charge on any atom is 0.258 e. The molecule has 2 aromatic carbocycles. The third kappa shape index (κ3) is 4.34. The number of para-hydroxylation sites is 1. The van der Waals surface area contributed by atoms with Gasteiger partial charge in [-0.3, -0.25) is 4.79 Å². The van der Waals surface area contributed by atoms with E-state index in [9.17, 15) is 4.79 Å². The van der Waals surface area contributed by atoms with Crippen LogP contribution in [-0.2, 0) is 11.8 Å². The summed E-state index contributed by atoms with van der Waals surface area (Å²) in [6.07, 6.45) is 3.55. The molecule has 1 amide bonds. The first-order valence-electron chi connectivity index (χ1n) is 9.09. The number of ether oxygens (including phenoxy) is 2. The number of aryl methyl sites for hydroxylation is 3. The van der Waals surface area contributed by atoms with Gasteiger partial charge in [0.2, 0.25) is 0 Å². The van der Waals surface area contributed by atoms with Crippen molar-refractivity contribution in [1.29, 1.82) is 0 Å². The van der Waals surface area contributed by atoms with Gasteiger partial charge in [0.15, 0.2) is 6.61 Å². The van der Waals surface area contributed by atoms with Crippen LogP contribution in [0.5, 0.6) is 11.5 Å². The summed E-state index contributed by atoms with van der Waals surface area (Å²) >= 11 is 0. The summed E-state index contributed by atoms with van der Waals surface area (Å²) in [7, 11) is 3.50. The lowest BCUT2D eigenvalue weighted by Crippen LogP contribution is -2.34. The molecule has 1 heterocycles. The largest absolute Gasteiger partial charge is 0.496 e. The first-order valence-corrected chi connectivity index (χ1v) is 9.09. The number of rotatable bonds is 7. The Balaban J connectivity index is 1.80. The number of nitrogens with one attached hydrogen (secondary N) is 1. The molecule has 0 aliphatic carbocycles. The predicted molar refractivity (Wildman–Crippen MR) is 108 cm³/mol. The Morgan fingerprint density at radius 1 is 1.18 bits per heavy atom. The SMILES string of the molecule is COc1ccccc1C(NC(=O)COc1ccc(C)cc1C)c1nccn1C. The molecule has 1 N–H and O–H groups in total. The standard InChI is InChI=1S/C22H25N3O3/c1-15-9-10-18(16(2)13-15)28-14-20(26)24-21(22-23-11-12-25(22)3)17-7-5-6-8-19(17)27-4/h5-13,21H,14H2,1-4H3,(H,24,26). The number of benzene rings is 2. The molecule has 0 spiro atoms. The highest BCUT2D eigenvalue weighted by atomic mass is 16.5. The van der Waals surface area contributed by atoms with Crippen LogP contribution < -0.4 is 14.8 Å². The Hall–Kier alpha value is -3.28. The molecular weight excluding hydrogens is 354 g/mol. The van der Waals surface area contributed by atoms with Crippen LogP contribution in [0.1, 0.15) is 28.6 Å². The summed E-state index contributed by atoms with van der Waals surface area (Å²) in [6.45, 7) is 3.90. The van der Waals surface area contributed by atoms with E-state index in [1.54, 1.807) is 13.3 Å². The van der Waals surface area contributed by atoms with Crippen molar-refractivity contribution in [1.82, 2.24) is 14.9 Å². The van der Waals surface area contributed by atoms with Crippen molar-refractivity contribution < 1.29 is 14.3 Å². The van der Waals surface area contributed by atoms with E-state index in [0.717, 1.165) is 16.7 Å². The lowest BCUT2D eigenvalue weighted by Gasteiger charge is -2.21. The summed E-state index contributed by atoms with van der Waals surface area (Å²) in [6, 6.07) is 13.0. The molecular formula is C22H25N3O3. The maximum absolute atomic E-state index is 12.7. The first kappa shape index (κ1) is 19.5. The van der Waals surface area contributed by atoms with E-state index in [4.69, 9.17) is 9.47 Å². The average Bonchev–Trinajstić information content (AvgIpc) is 3.11. The van der Waals surface area contributed by atoms with E-state index < -0.39 is 6.04 Å². The van der Waals surface area contributed by atoms with Crippen LogP contribution in [0.25, 0.3) is 0 Å². The fraction of sp³-hybridized carbons (Fsp3) is 0.273. The zero-order valence-electron chi connectivity index (χ0n) is 16.6. The minimum Gasteiger partial charge on any atom is -0.496 e. The van der Waals surface area contributed by atoms with Crippen LogP contribution in [0.2, 0.25) is 0 Å². The Kier molecular flexibility index (Phi) is 5.99. The van der Waals surface area contributed by atoms with Gasteiger partial charge in [0.25, 0.3) is 5.91 Å². The number of hydrogen-bond acceptors (Lipinski definition) is 4. The number of nitrogens with zero attached hydrogens (tertiary/aromatic N) is 2. The topological polar surface area (TPSA) is 65.4 Å². The minimum absolute atomic E-state index is 0.0834. The van der Waals surface area contributed by atoms with Crippen molar-refractivity contribution in [2.75, 3.05) is 13.7 Å². The van der Waals surface area contributed by atoms with E-state index >= 15 is 0 Å². The van der Waals surface area contributed by atoms with Crippen LogP contribution in [0, 0.1) is 13.8 Å². The Bertz CT molecular complexity index is 965. The lowest BCUT2D eigenvalue weighted by molar-refractivity contribution is -0.123. The van der Waals surface area contributed by atoms with Crippen LogP contribution in [-0.4, -0.2) is 29.2 Å². The van der Waals surface area contributed by atoms with Gasteiger partial charge < -0.3 is 19.4 Å². The van der Waals surface area contributed by atoms with E-state index in [1.165, 1.54) is 0 Å². The summed E-state index contributed by atoms with van der Waals surface area (Å²) < 4.78 is 13.1. The Morgan fingerprint density at radius 2 is 1.96 bits per heavy atom. The second-order valence-electron chi connectivity index (χ2n) is 6.70. The number of amides is 1. The first-order chi connectivity index (χ1) is 13.5. The lowest BCUT2D eigenvalue weighted by atomic mass is 10.0. The second kappa shape index (κ2) is 8.61. The summed E-state index contributed by atoms with van der Waals surface area (Å²) in [5.41, 5.74) is 2.98. The van der Waals surface area contributed by atoms with Crippen LogP contribution in [0.4, 0.5) is 0 Å². The highest BCUT2D eigenvalue weighted by Crippen LogP contribution is 2.29. The smallest absolute Gasteiger partial charge is 0.258 e. The van der Waals surface area contributed by atoms with Gasteiger partial charge in [0.05, 0.1) is 7.11 Å². The minimum atomic E-state index is -0.452. The van der Waals surface area contributed by atoms with Crippen molar-refractivity contribution in [2.24, 2.45) is 7.05 Å². The fourth-order valence-corrected chi connectivity index (χ4v) is 3.15. The zero-order valence-corrected chi connectivity index (χ0v) is 16.6. The van der Waals surface area contributed by atoms with Crippen molar-refractivity contribution in [2.45, 2.75) is 19.9 Å². The second-order valence-corrected chi connectivity index (χ2v) is 6.70. The monoisotopic (exact) mass is 379 g/mol. The number of carbonyl (C=O) groups excluding carboxylic acids is 1. The van der Waals surface area contributed by atoms with Gasteiger partial charge in [-0.1, -0.05) is 35.9 Å². The molecule has 0 saturated carbocycles. The van der Waals surface area contributed by atoms with E-state index in [2.05, 4.69) is 10.3 Å². The molecule has 1 aromatic heterocycles. The van der Waals surface area contributed by atoms with Gasteiger partial charge >= 0.3 is 0 Å². The molecule has 28 heavy (non-hydrogen) atoms.